The average molecular weight is 333 g/mol. The number of rotatable bonds is 4. The van der Waals surface area contributed by atoms with Gasteiger partial charge in [0, 0.05) is 28.4 Å². The van der Waals surface area contributed by atoms with Crippen LogP contribution >= 0.6 is 0 Å². The highest BCUT2D eigenvalue weighted by atomic mass is 16.5. The van der Waals surface area contributed by atoms with Gasteiger partial charge in [0.15, 0.2) is 0 Å². The first-order valence-electron chi connectivity index (χ1n) is 7.83. The number of carbonyl (C=O) groups excluding carboxylic acids is 1. The normalized spacial score (nSPS) is 10.1. The molecule has 126 valence electrons. The molecule has 3 N–H and O–H groups in total. The van der Waals surface area contributed by atoms with Crippen molar-refractivity contribution >= 4 is 34.5 Å². The van der Waals surface area contributed by atoms with Crippen molar-refractivity contribution in [3.05, 3.63) is 78.9 Å². The molecule has 0 radical (unpaired) electrons. The molecule has 0 saturated heterocycles. The number of nitrogen functional groups attached to an aromatic ring is 1. The van der Waals surface area contributed by atoms with Gasteiger partial charge in [-0.3, -0.25) is 5.32 Å². The van der Waals surface area contributed by atoms with Gasteiger partial charge in [-0.25, -0.2) is 4.79 Å². The Hall–Kier alpha value is -3.47. The summed E-state index contributed by atoms with van der Waals surface area (Å²) in [6.07, 6.45) is -0.494. The standard InChI is InChI=1S/C20H19N3O2/c1-25-20(24)22-16-9-13-19(14-10-16)23(17-5-3-2-4-6-17)18-11-7-15(21)8-12-18/h2-14H,21H2,1H3,(H,22,24). The van der Waals surface area contributed by atoms with Gasteiger partial charge in [0.05, 0.1) is 7.11 Å². The van der Waals surface area contributed by atoms with Crippen molar-refractivity contribution in [3.8, 4) is 0 Å². The summed E-state index contributed by atoms with van der Waals surface area (Å²) in [4.78, 5) is 13.4. The summed E-state index contributed by atoms with van der Waals surface area (Å²) < 4.78 is 4.61. The van der Waals surface area contributed by atoms with Crippen LogP contribution in [0.2, 0.25) is 0 Å². The molecule has 25 heavy (non-hydrogen) atoms. The number of nitrogens with two attached hydrogens (primary N) is 1. The highest BCUT2D eigenvalue weighted by Crippen LogP contribution is 2.35. The van der Waals surface area contributed by atoms with Crippen molar-refractivity contribution < 1.29 is 9.53 Å². The summed E-state index contributed by atoms with van der Waals surface area (Å²) in [5, 5.41) is 2.65. The van der Waals surface area contributed by atoms with Crippen LogP contribution in [0.25, 0.3) is 0 Å². The van der Waals surface area contributed by atoms with E-state index in [1.807, 2.05) is 78.9 Å². The fraction of sp³-hybridized carbons (Fsp3) is 0.0500. The number of para-hydroxylation sites is 1. The highest BCUT2D eigenvalue weighted by molar-refractivity contribution is 5.85. The van der Waals surface area contributed by atoms with Crippen LogP contribution in [0, 0.1) is 0 Å². The molecule has 3 rings (SSSR count). The molecule has 0 aliphatic heterocycles. The second kappa shape index (κ2) is 7.40. The molecule has 5 heteroatoms. The van der Waals surface area contributed by atoms with E-state index >= 15 is 0 Å². The third-order valence-electron chi connectivity index (χ3n) is 3.72. The van der Waals surface area contributed by atoms with Crippen LogP contribution in [0.3, 0.4) is 0 Å². The molecule has 0 heterocycles. The third kappa shape index (κ3) is 3.90. The molecule has 1 amide bonds. The number of nitrogens with one attached hydrogen (secondary N) is 1. The molecular formula is C20H19N3O2. The van der Waals surface area contributed by atoms with Crippen molar-refractivity contribution in [2.24, 2.45) is 0 Å². The number of anilines is 5. The third-order valence-corrected chi connectivity index (χ3v) is 3.72. The van der Waals surface area contributed by atoms with Gasteiger partial charge in [-0.15, -0.1) is 0 Å². The topological polar surface area (TPSA) is 67.6 Å². The van der Waals surface area contributed by atoms with Gasteiger partial charge in [0.25, 0.3) is 0 Å². The molecule has 0 aliphatic rings. The van der Waals surface area contributed by atoms with Crippen LogP contribution in [0.1, 0.15) is 0 Å². The lowest BCUT2D eigenvalue weighted by Crippen LogP contribution is -2.12. The number of nitrogens with zero attached hydrogens (tertiary/aromatic N) is 1. The van der Waals surface area contributed by atoms with Crippen LogP contribution in [0.5, 0.6) is 0 Å². The van der Waals surface area contributed by atoms with Crippen molar-refractivity contribution in [1.82, 2.24) is 0 Å². The van der Waals surface area contributed by atoms with E-state index in [-0.39, 0.29) is 0 Å². The molecule has 3 aromatic rings. The van der Waals surface area contributed by atoms with E-state index in [9.17, 15) is 4.79 Å². The summed E-state index contributed by atoms with van der Waals surface area (Å²) in [6, 6.07) is 25.3. The lowest BCUT2D eigenvalue weighted by Gasteiger charge is -2.25. The average Bonchev–Trinajstić information content (AvgIpc) is 2.66. The Balaban J connectivity index is 1.97. The Morgan fingerprint density at radius 3 is 1.92 bits per heavy atom. The summed E-state index contributed by atoms with van der Waals surface area (Å²) in [5.41, 5.74) is 10.2. The second-order valence-corrected chi connectivity index (χ2v) is 5.43. The molecule has 0 saturated carbocycles. The lowest BCUT2D eigenvalue weighted by molar-refractivity contribution is 0.187. The van der Waals surface area contributed by atoms with Crippen LogP contribution < -0.4 is 16.0 Å². The summed E-state index contributed by atoms with van der Waals surface area (Å²) in [5.74, 6) is 0. The fourth-order valence-corrected chi connectivity index (χ4v) is 2.51. The van der Waals surface area contributed by atoms with Crippen molar-refractivity contribution in [3.63, 3.8) is 0 Å². The molecule has 0 bridgehead atoms. The van der Waals surface area contributed by atoms with Crippen molar-refractivity contribution in [2.75, 3.05) is 23.1 Å². The molecule has 0 atom stereocenters. The Labute approximate surface area is 146 Å². The number of hydrogen-bond donors (Lipinski definition) is 2. The predicted molar refractivity (Wildman–Crippen MR) is 102 cm³/mol. The SMILES string of the molecule is COC(=O)Nc1ccc(N(c2ccccc2)c2ccc(N)cc2)cc1. The predicted octanol–water partition coefficient (Wildman–Crippen LogP) is 4.92. The smallest absolute Gasteiger partial charge is 0.411 e. The van der Waals surface area contributed by atoms with Gasteiger partial charge < -0.3 is 15.4 Å². The Morgan fingerprint density at radius 1 is 0.840 bits per heavy atom. The van der Waals surface area contributed by atoms with Gasteiger partial charge in [0.1, 0.15) is 0 Å². The highest BCUT2D eigenvalue weighted by Gasteiger charge is 2.12. The van der Waals surface area contributed by atoms with Gasteiger partial charge in [-0.05, 0) is 60.7 Å². The maximum absolute atomic E-state index is 11.3. The molecular weight excluding hydrogens is 314 g/mol. The minimum absolute atomic E-state index is 0.494. The number of carbonyl (C=O) groups is 1. The van der Waals surface area contributed by atoms with Crippen molar-refractivity contribution in [2.45, 2.75) is 0 Å². The Kier molecular flexibility index (Phi) is 4.85. The first-order chi connectivity index (χ1) is 12.2. The monoisotopic (exact) mass is 333 g/mol. The van der Waals surface area contributed by atoms with Gasteiger partial charge >= 0.3 is 6.09 Å². The van der Waals surface area contributed by atoms with Crippen LogP contribution in [-0.2, 0) is 4.74 Å². The van der Waals surface area contributed by atoms with E-state index in [4.69, 9.17) is 5.73 Å². The van der Waals surface area contributed by atoms with Crippen molar-refractivity contribution in [1.29, 1.82) is 0 Å². The van der Waals surface area contributed by atoms with E-state index < -0.39 is 6.09 Å². The minimum Gasteiger partial charge on any atom is -0.453 e. The van der Waals surface area contributed by atoms with E-state index in [2.05, 4.69) is 15.0 Å². The fourth-order valence-electron chi connectivity index (χ4n) is 2.51. The molecule has 0 spiro atoms. The zero-order valence-corrected chi connectivity index (χ0v) is 13.8. The van der Waals surface area contributed by atoms with E-state index in [1.54, 1.807) is 0 Å². The second-order valence-electron chi connectivity index (χ2n) is 5.43. The maximum Gasteiger partial charge on any atom is 0.411 e. The molecule has 3 aromatic carbocycles. The number of ether oxygens (including phenoxy) is 1. The molecule has 0 fully saturated rings. The Bertz CT molecular complexity index is 831. The zero-order chi connectivity index (χ0) is 17.6. The summed E-state index contributed by atoms with van der Waals surface area (Å²) >= 11 is 0. The summed E-state index contributed by atoms with van der Waals surface area (Å²) in [7, 11) is 1.34. The number of hydrogen-bond acceptors (Lipinski definition) is 4. The quantitative estimate of drug-likeness (QED) is 0.665. The van der Waals surface area contributed by atoms with Gasteiger partial charge in [-0.1, -0.05) is 18.2 Å². The molecule has 0 unspecified atom stereocenters. The first-order valence-corrected chi connectivity index (χ1v) is 7.83. The van der Waals surface area contributed by atoms with E-state index in [0.717, 1.165) is 22.7 Å². The van der Waals surface area contributed by atoms with Crippen LogP contribution in [0.4, 0.5) is 33.2 Å². The number of benzene rings is 3. The molecule has 0 aromatic heterocycles. The lowest BCUT2D eigenvalue weighted by atomic mass is 10.1. The molecule has 0 aliphatic carbocycles. The van der Waals surface area contributed by atoms with E-state index in [0.29, 0.717) is 5.69 Å². The Morgan fingerprint density at radius 2 is 1.36 bits per heavy atom. The van der Waals surface area contributed by atoms with E-state index in [1.165, 1.54) is 7.11 Å². The number of methoxy groups -OCH3 is 1. The van der Waals surface area contributed by atoms with Crippen LogP contribution in [0.15, 0.2) is 78.9 Å². The zero-order valence-electron chi connectivity index (χ0n) is 13.8. The largest absolute Gasteiger partial charge is 0.453 e. The van der Waals surface area contributed by atoms with Crippen LogP contribution in [-0.4, -0.2) is 13.2 Å². The summed E-state index contributed by atoms with van der Waals surface area (Å²) in [6.45, 7) is 0. The first kappa shape index (κ1) is 16.4. The van der Waals surface area contributed by atoms with Gasteiger partial charge in [0.2, 0.25) is 0 Å². The number of amides is 1. The van der Waals surface area contributed by atoms with Gasteiger partial charge in [-0.2, -0.15) is 0 Å². The maximum atomic E-state index is 11.3. The molecule has 5 nitrogen and oxygen atoms in total. The minimum atomic E-state index is -0.494.